The molecule has 1 amide bonds. The molecule has 1 aliphatic rings. The van der Waals surface area contributed by atoms with E-state index in [4.69, 9.17) is 25.1 Å². The Hall–Kier alpha value is -4.37. The maximum Gasteiger partial charge on any atom is 0.266 e. The van der Waals surface area contributed by atoms with Crippen LogP contribution in [-0.4, -0.2) is 42.2 Å². The van der Waals surface area contributed by atoms with Gasteiger partial charge in [0.05, 0.1) is 13.2 Å². The van der Waals surface area contributed by atoms with E-state index in [2.05, 4.69) is 27.8 Å². The summed E-state index contributed by atoms with van der Waals surface area (Å²) in [4.78, 5) is 22.2. The van der Waals surface area contributed by atoms with E-state index in [1.54, 1.807) is 0 Å². The van der Waals surface area contributed by atoms with Crippen molar-refractivity contribution >= 4 is 11.8 Å². The second kappa shape index (κ2) is 15.6. The fourth-order valence-electron chi connectivity index (χ4n) is 4.92. The van der Waals surface area contributed by atoms with E-state index < -0.39 is 11.6 Å². The third-order valence-corrected chi connectivity index (χ3v) is 7.10. The van der Waals surface area contributed by atoms with Gasteiger partial charge in [0.25, 0.3) is 5.91 Å². The second-order valence-electron chi connectivity index (χ2n) is 10.1. The predicted molar refractivity (Wildman–Crippen MR) is 162 cm³/mol. The number of carbonyl (C=O) groups is 1. The van der Waals surface area contributed by atoms with E-state index in [-0.39, 0.29) is 25.5 Å². The van der Waals surface area contributed by atoms with Crippen LogP contribution in [0, 0.1) is 0 Å². The van der Waals surface area contributed by atoms with Gasteiger partial charge >= 0.3 is 0 Å². The van der Waals surface area contributed by atoms with Gasteiger partial charge in [-0.25, -0.2) is 10.4 Å². The van der Waals surface area contributed by atoms with Crippen LogP contribution in [0.1, 0.15) is 61.0 Å². The van der Waals surface area contributed by atoms with Crippen LogP contribution in [0.4, 0.5) is 0 Å². The minimum Gasteiger partial charge on any atom is -0.494 e. The molecule has 0 saturated heterocycles. The van der Waals surface area contributed by atoms with Crippen molar-refractivity contribution in [3.05, 3.63) is 112 Å². The van der Waals surface area contributed by atoms with E-state index in [1.165, 1.54) is 0 Å². The second-order valence-corrected chi connectivity index (χ2v) is 10.1. The fourth-order valence-corrected chi connectivity index (χ4v) is 4.92. The van der Waals surface area contributed by atoms with Crippen molar-refractivity contribution in [1.29, 1.82) is 0 Å². The first kappa shape index (κ1) is 30.6. The Bertz CT molecular complexity index is 1380. The quantitative estimate of drug-likeness (QED) is 0.0679. The summed E-state index contributed by atoms with van der Waals surface area (Å²) >= 11 is 0. The number of hydrogen-bond acceptors (Lipinski definition) is 7. The van der Waals surface area contributed by atoms with Crippen molar-refractivity contribution in [1.82, 2.24) is 10.9 Å². The molecule has 0 spiro atoms. The molecule has 1 aliphatic heterocycles. The van der Waals surface area contributed by atoms with Gasteiger partial charge in [-0.3, -0.25) is 10.2 Å². The molecule has 1 heterocycles. The molecule has 10 heteroatoms. The molecular formula is C32H38N6O4. The summed E-state index contributed by atoms with van der Waals surface area (Å²) in [5, 5.41) is 12.8. The third kappa shape index (κ3) is 7.67. The summed E-state index contributed by atoms with van der Waals surface area (Å²) < 4.78 is 12.3. The number of nitrogens with zero attached hydrogens (tertiary/aromatic N) is 4. The molecule has 3 aromatic rings. The Morgan fingerprint density at radius 3 is 2.57 bits per heavy atom. The van der Waals surface area contributed by atoms with Gasteiger partial charge in [-0.2, -0.15) is 0 Å². The van der Waals surface area contributed by atoms with Gasteiger partial charge in [-0.15, -0.1) is 0 Å². The minimum atomic E-state index is -1.36. The number of hydrogen-bond donors (Lipinski definition) is 3. The van der Waals surface area contributed by atoms with E-state index in [0.29, 0.717) is 36.8 Å². The SMILES string of the molecule is CCCCCNNC(=O)[C@@]1(Cc2ccccc2)N=C(c2ccc(OCCCO)cc2)O[C@H]1c1ccccc1CN=[N+]=[N-]. The Morgan fingerprint density at radius 2 is 1.83 bits per heavy atom. The van der Waals surface area contributed by atoms with E-state index in [0.717, 1.165) is 36.0 Å². The Kier molecular flexibility index (Phi) is 11.3. The van der Waals surface area contributed by atoms with Crippen LogP contribution in [0.25, 0.3) is 10.4 Å². The molecule has 0 radical (unpaired) electrons. The zero-order chi connectivity index (χ0) is 29.6. The number of aliphatic hydroxyl groups is 1. The first-order valence-corrected chi connectivity index (χ1v) is 14.4. The number of ether oxygens (including phenoxy) is 2. The predicted octanol–water partition coefficient (Wildman–Crippen LogP) is 5.57. The molecule has 3 N–H and O–H groups in total. The van der Waals surface area contributed by atoms with Crippen molar-refractivity contribution < 1.29 is 19.4 Å². The lowest BCUT2D eigenvalue weighted by molar-refractivity contribution is -0.130. The van der Waals surface area contributed by atoms with Gasteiger partial charge in [0.15, 0.2) is 11.6 Å². The standard InChI is InChI=1S/C32H38N6O4/c1-2-3-9-19-34-37-31(40)32(22-24-11-5-4-6-12-24)29(28-14-8-7-13-26(28)23-35-38-33)42-30(36-32)25-15-17-27(18-16-25)41-21-10-20-39/h4-8,11-18,29,34,39H,2-3,9-10,19-23H2,1H3,(H,37,40)/t29-,32-/m0/s1. The van der Waals surface area contributed by atoms with Crippen molar-refractivity contribution in [2.24, 2.45) is 10.1 Å². The molecule has 0 saturated carbocycles. The van der Waals surface area contributed by atoms with Gasteiger partial charge in [0.1, 0.15) is 5.75 Å². The van der Waals surface area contributed by atoms with Crippen LogP contribution in [0.5, 0.6) is 5.75 Å². The molecule has 0 bridgehead atoms. The van der Waals surface area contributed by atoms with Crippen LogP contribution in [0.2, 0.25) is 0 Å². The summed E-state index contributed by atoms with van der Waals surface area (Å²) in [6.45, 7) is 3.34. The first-order valence-electron chi connectivity index (χ1n) is 14.4. The number of unbranched alkanes of at least 4 members (excludes halogenated alkanes) is 2. The van der Waals surface area contributed by atoms with Crippen molar-refractivity contribution in [3.8, 4) is 5.75 Å². The number of amides is 1. The normalized spacial score (nSPS) is 17.6. The van der Waals surface area contributed by atoms with Crippen LogP contribution >= 0.6 is 0 Å². The molecular weight excluding hydrogens is 532 g/mol. The lowest BCUT2D eigenvalue weighted by Gasteiger charge is -2.31. The molecule has 2 atom stereocenters. The molecule has 4 rings (SSSR count). The lowest BCUT2D eigenvalue weighted by atomic mass is 9.81. The smallest absolute Gasteiger partial charge is 0.266 e. The Morgan fingerprint density at radius 1 is 1.07 bits per heavy atom. The zero-order valence-corrected chi connectivity index (χ0v) is 23.9. The number of hydrazine groups is 1. The number of aliphatic hydroxyl groups excluding tert-OH is 1. The molecule has 0 unspecified atom stereocenters. The average Bonchev–Trinajstić information content (AvgIpc) is 3.41. The van der Waals surface area contributed by atoms with Crippen LogP contribution in [0.3, 0.4) is 0 Å². The first-order chi connectivity index (χ1) is 20.6. The van der Waals surface area contributed by atoms with Gasteiger partial charge in [-0.05, 0) is 52.9 Å². The maximum absolute atomic E-state index is 14.2. The zero-order valence-electron chi connectivity index (χ0n) is 23.9. The van der Waals surface area contributed by atoms with Crippen molar-refractivity contribution in [2.75, 3.05) is 19.8 Å². The van der Waals surface area contributed by atoms with E-state index in [9.17, 15) is 4.79 Å². The third-order valence-electron chi connectivity index (χ3n) is 7.10. The number of azide groups is 1. The van der Waals surface area contributed by atoms with Gasteiger partial charge in [-0.1, -0.05) is 79.5 Å². The van der Waals surface area contributed by atoms with Crippen LogP contribution in [-0.2, 0) is 22.5 Å². The largest absolute Gasteiger partial charge is 0.494 e. The average molecular weight is 571 g/mol. The monoisotopic (exact) mass is 570 g/mol. The van der Waals surface area contributed by atoms with Crippen molar-refractivity contribution in [3.63, 3.8) is 0 Å². The molecule has 42 heavy (non-hydrogen) atoms. The van der Waals surface area contributed by atoms with Gasteiger partial charge in [0, 0.05) is 36.5 Å². The summed E-state index contributed by atoms with van der Waals surface area (Å²) in [5.74, 6) is 0.676. The molecule has 220 valence electrons. The molecule has 3 aromatic carbocycles. The summed E-state index contributed by atoms with van der Waals surface area (Å²) in [6, 6.07) is 24.6. The highest BCUT2D eigenvalue weighted by Gasteiger charge is 2.53. The van der Waals surface area contributed by atoms with Gasteiger partial charge < -0.3 is 14.6 Å². The highest BCUT2D eigenvalue weighted by atomic mass is 16.5. The summed E-state index contributed by atoms with van der Waals surface area (Å²) in [7, 11) is 0. The lowest BCUT2D eigenvalue weighted by Crippen LogP contribution is -2.54. The molecule has 0 fully saturated rings. The topological polar surface area (TPSA) is 141 Å². The summed E-state index contributed by atoms with van der Waals surface area (Å²) in [5.41, 5.74) is 16.8. The van der Waals surface area contributed by atoms with Crippen LogP contribution in [0.15, 0.2) is 89.0 Å². The molecule has 10 nitrogen and oxygen atoms in total. The number of carbonyl (C=O) groups excluding carboxylic acids is 1. The number of aliphatic imine (C=N–C) groups is 1. The van der Waals surface area contributed by atoms with E-state index >= 15 is 0 Å². The molecule has 0 aromatic heterocycles. The maximum atomic E-state index is 14.2. The number of rotatable bonds is 16. The Labute approximate surface area is 246 Å². The van der Waals surface area contributed by atoms with Crippen molar-refractivity contribution in [2.45, 2.75) is 57.2 Å². The highest BCUT2D eigenvalue weighted by Crippen LogP contribution is 2.43. The number of nitrogens with one attached hydrogen (secondary N) is 2. The number of benzene rings is 3. The summed E-state index contributed by atoms with van der Waals surface area (Å²) in [6.07, 6.45) is 3.08. The Balaban J connectivity index is 1.76. The van der Waals surface area contributed by atoms with E-state index in [1.807, 2.05) is 78.9 Å². The fraction of sp³-hybridized carbons (Fsp3) is 0.375. The van der Waals surface area contributed by atoms with Crippen LogP contribution < -0.4 is 15.6 Å². The highest BCUT2D eigenvalue weighted by molar-refractivity contribution is 6.01. The molecule has 0 aliphatic carbocycles. The minimum absolute atomic E-state index is 0.0598. The van der Waals surface area contributed by atoms with Gasteiger partial charge in [0.2, 0.25) is 5.90 Å².